The summed E-state index contributed by atoms with van der Waals surface area (Å²) in [6.07, 6.45) is -0.537. The van der Waals surface area contributed by atoms with Crippen LogP contribution in [-0.4, -0.2) is 5.11 Å². The number of fused-ring (bicyclic) bond motifs is 2. The number of hydrogen-bond acceptors (Lipinski definition) is 3. The first-order valence-electron chi connectivity index (χ1n) is 4.92. The molecule has 2 aromatic rings. The van der Waals surface area contributed by atoms with Crippen LogP contribution in [0.5, 0.6) is 0 Å². The van der Waals surface area contributed by atoms with Gasteiger partial charge in [-0.1, -0.05) is 17.7 Å². The number of thioether (sulfide) groups is 1. The molecule has 1 N–H and O–H groups in total. The zero-order valence-electron chi connectivity index (χ0n) is 8.31. The van der Waals surface area contributed by atoms with Gasteiger partial charge in [0.2, 0.25) is 0 Å². The van der Waals surface area contributed by atoms with Crippen LogP contribution in [0, 0.1) is 0 Å². The number of halogens is 1. The summed E-state index contributed by atoms with van der Waals surface area (Å²) in [7, 11) is 0. The average Bonchev–Trinajstić information content (AvgIpc) is 2.70. The summed E-state index contributed by atoms with van der Waals surface area (Å²) in [5.41, 5.74) is 3.12. The fourth-order valence-corrected chi connectivity index (χ4v) is 4.23. The van der Waals surface area contributed by atoms with Gasteiger partial charge in [0.1, 0.15) is 6.10 Å². The largest absolute Gasteiger partial charge is 0.384 e. The molecule has 0 spiro atoms. The molecule has 0 aliphatic carbocycles. The fourth-order valence-electron chi connectivity index (χ4n) is 1.89. The monoisotopic (exact) mass is 268 g/mol. The summed E-state index contributed by atoms with van der Waals surface area (Å²) < 4.78 is 1.21. The molecule has 1 aromatic heterocycles. The van der Waals surface area contributed by atoms with Gasteiger partial charge in [0.05, 0.1) is 4.21 Å². The molecule has 1 aliphatic heterocycles. The molecule has 4 heteroatoms. The van der Waals surface area contributed by atoms with Crippen LogP contribution in [0.3, 0.4) is 0 Å². The lowest BCUT2D eigenvalue weighted by Crippen LogP contribution is -2.00. The van der Waals surface area contributed by atoms with E-state index in [9.17, 15) is 5.11 Å². The summed E-state index contributed by atoms with van der Waals surface area (Å²) in [5.74, 6) is 0.900. The minimum atomic E-state index is -0.537. The van der Waals surface area contributed by atoms with Crippen LogP contribution in [0.4, 0.5) is 0 Å². The molecule has 16 heavy (non-hydrogen) atoms. The van der Waals surface area contributed by atoms with Crippen molar-refractivity contribution < 1.29 is 5.11 Å². The summed E-state index contributed by atoms with van der Waals surface area (Å²) in [6.45, 7) is 0. The van der Waals surface area contributed by atoms with Crippen LogP contribution in [0.15, 0.2) is 33.9 Å². The summed E-state index contributed by atoms with van der Waals surface area (Å²) in [5, 5.41) is 13.0. The average molecular weight is 269 g/mol. The van der Waals surface area contributed by atoms with Gasteiger partial charge in [0.15, 0.2) is 0 Å². The third kappa shape index (κ3) is 1.68. The van der Waals surface area contributed by atoms with E-state index >= 15 is 0 Å². The maximum absolute atomic E-state index is 10.3. The highest BCUT2D eigenvalue weighted by Crippen LogP contribution is 2.42. The Morgan fingerprint density at radius 1 is 1.25 bits per heavy atom. The van der Waals surface area contributed by atoms with E-state index in [1.54, 1.807) is 23.1 Å². The molecular weight excluding hydrogens is 260 g/mol. The lowest BCUT2D eigenvalue weighted by atomic mass is 10.00. The molecule has 1 unspecified atom stereocenters. The van der Waals surface area contributed by atoms with E-state index in [0.717, 1.165) is 16.9 Å². The highest BCUT2D eigenvalue weighted by atomic mass is 35.5. The van der Waals surface area contributed by atoms with Gasteiger partial charge in [-0.15, -0.1) is 23.1 Å². The molecule has 0 saturated heterocycles. The van der Waals surface area contributed by atoms with Crippen molar-refractivity contribution in [3.63, 3.8) is 0 Å². The summed E-state index contributed by atoms with van der Waals surface area (Å²) in [6, 6.07) is 7.75. The summed E-state index contributed by atoms with van der Waals surface area (Å²) in [4.78, 5) is 0. The van der Waals surface area contributed by atoms with E-state index in [2.05, 4.69) is 0 Å². The molecule has 1 aromatic carbocycles. The van der Waals surface area contributed by atoms with Crippen molar-refractivity contribution in [2.24, 2.45) is 0 Å². The normalized spacial score (nSPS) is 18.8. The molecule has 1 nitrogen and oxygen atoms in total. The van der Waals surface area contributed by atoms with Crippen LogP contribution in [-0.2, 0) is 5.75 Å². The summed E-state index contributed by atoms with van der Waals surface area (Å²) >= 11 is 9.45. The predicted molar refractivity (Wildman–Crippen MR) is 69.4 cm³/mol. The Morgan fingerprint density at radius 3 is 3.00 bits per heavy atom. The lowest BCUT2D eigenvalue weighted by Gasteiger charge is -2.12. The van der Waals surface area contributed by atoms with E-state index in [-0.39, 0.29) is 0 Å². The Bertz CT molecular complexity index is 536. The Balaban J connectivity index is 2.18. The topological polar surface area (TPSA) is 20.2 Å². The Hall–Kier alpha value is -0.480. The third-order valence-corrected chi connectivity index (χ3v) is 5.27. The van der Waals surface area contributed by atoms with E-state index in [0.29, 0.717) is 5.02 Å². The minimum absolute atomic E-state index is 0.537. The molecule has 1 aliphatic rings. The molecule has 0 saturated carbocycles. The molecular formula is C12H9ClOS2. The molecule has 2 heterocycles. The van der Waals surface area contributed by atoms with Gasteiger partial charge in [-0.05, 0) is 34.7 Å². The van der Waals surface area contributed by atoms with Crippen molar-refractivity contribution in [2.75, 3.05) is 0 Å². The van der Waals surface area contributed by atoms with Crippen LogP contribution in [0.1, 0.15) is 22.8 Å². The first-order chi connectivity index (χ1) is 7.75. The second-order valence-corrected chi connectivity index (χ2v) is 6.29. The first-order valence-corrected chi connectivity index (χ1v) is 7.16. The Morgan fingerprint density at radius 2 is 2.12 bits per heavy atom. The highest BCUT2D eigenvalue weighted by Gasteiger charge is 2.23. The van der Waals surface area contributed by atoms with Crippen molar-refractivity contribution >= 4 is 34.7 Å². The lowest BCUT2D eigenvalue weighted by molar-refractivity contribution is 0.218. The van der Waals surface area contributed by atoms with Crippen molar-refractivity contribution in [3.05, 3.63) is 51.4 Å². The molecule has 0 radical (unpaired) electrons. The van der Waals surface area contributed by atoms with Gasteiger partial charge in [0, 0.05) is 16.3 Å². The van der Waals surface area contributed by atoms with E-state index in [1.165, 1.54) is 9.77 Å². The van der Waals surface area contributed by atoms with Gasteiger partial charge in [-0.2, -0.15) is 0 Å². The smallest absolute Gasteiger partial charge is 0.106 e. The van der Waals surface area contributed by atoms with Crippen LogP contribution < -0.4 is 0 Å². The Labute approximate surface area is 107 Å². The van der Waals surface area contributed by atoms with Gasteiger partial charge in [0.25, 0.3) is 0 Å². The van der Waals surface area contributed by atoms with Crippen LogP contribution in [0.2, 0.25) is 5.02 Å². The molecule has 1 atom stereocenters. The minimum Gasteiger partial charge on any atom is -0.384 e. The van der Waals surface area contributed by atoms with Crippen molar-refractivity contribution in [3.8, 4) is 0 Å². The Kier molecular flexibility index (Phi) is 2.72. The SMILES string of the molecule is OC1c2cc(Cl)ccc2CSc2sccc21. The zero-order valence-corrected chi connectivity index (χ0v) is 10.7. The molecule has 3 rings (SSSR count). The maximum Gasteiger partial charge on any atom is 0.106 e. The van der Waals surface area contributed by atoms with E-state index in [4.69, 9.17) is 11.6 Å². The van der Waals surface area contributed by atoms with Crippen molar-refractivity contribution in [2.45, 2.75) is 16.1 Å². The fraction of sp³-hybridized carbons (Fsp3) is 0.167. The zero-order chi connectivity index (χ0) is 11.1. The molecule has 0 bridgehead atoms. The second-order valence-electron chi connectivity index (χ2n) is 3.70. The number of thiophene rings is 1. The van der Waals surface area contributed by atoms with Crippen molar-refractivity contribution in [1.82, 2.24) is 0 Å². The molecule has 0 amide bonds. The number of aliphatic hydroxyl groups excluding tert-OH is 1. The van der Waals surface area contributed by atoms with Crippen LogP contribution >= 0.6 is 34.7 Å². The maximum atomic E-state index is 10.3. The number of aliphatic hydroxyl groups is 1. The molecule has 0 fully saturated rings. The predicted octanol–water partition coefficient (Wildman–Crippen LogP) is 4.09. The van der Waals surface area contributed by atoms with E-state index in [1.807, 2.05) is 29.6 Å². The van der Waals surface area contributed by atoms with Gasteiger partial charge in [-0.25, -0.2) is 0 Å². The van der Waals surface area contributed by atoms with Gasteiger partial charge in [-0.3, -0.25) is 0 Å². The van der Waals surface area contributed by atoms with Crippen molar-refractivity contribution in [1.29, 1.82) is 0 Å². The van der Waals surface area contributed by atoms with Gasteiger partial charge < -0.3 is 5.11 Å². The van der Waals surface area contributed by atoms with Crippen LogP contribution in [0.25, 0.3) is 0 Å². The third-order valence-electron chi connectivity index (χ3n) is 2.71. The van der Waals surface area contributed by atoms with E-state index < -0.39 is 6.10 Å². The standard InChI is InChI=1S/C12H9ClOS2/c13-8-2-1-7-6-16-12-9(3-4-15-12)11(14)10(7)5-8/h1-5,11,14H,6H2. The number of rotatable bonds is 0. The number of benzene rings is 1. The second kappa shape index (κ2) is 4.08. The molecule has 82 valence electrons. The highest BCUT2D eigenvalue weighted by molar-refractivity contribution is 8.00. The van der Waals surface area contributed by atoms with Gasteiger partial charge >= 0.3 is 0 Å². The number of hydrogen-bond donors (Lipinski definition) is 1. The first kappa shape index (κ1) is 10.7. The quantitative estimate of drug-likeness (QED) is 0.777.